The smallest absolute Gasteiger partial charge is 0.305 e. The Morgan fingerprint density at radius 2 is 1.68 bits per heavy atom. The van der Waals surface area contributed by atoms with E-state index in [-0.39, 0.29) is 30.8 Å². The standard InChI is InChI=1S/C28H41N7O6/c1-16(2)24-17(3)12-19(13-18-8-5-4-6-9-18)33-26(40)21(14-23(37)38)34-22(36)15-32-25(39)20(35-27(24)41)10-7-11-31-28(29)30/h4-6,8-9,12,16,19-21,24H,7,10-11,13-15H2,1-3H3,(H,32,39)(H,33,40)(H,34,36)(H,35,41)(H,37,38)(H4,29,30,31)/b17-12-/t19?,20?,21-,24?/m0/s1. The van der Waals surface area contributed by atoms with E-state index in [1.165, 1.54) is 0 Å². The molecule has 3 unspecified atom stereocenters. The number of aliphatic imine (C=N–C) groups is 1. The van der Waals surface area contributed by atoms with Crippen LogP contribution in [0.5, 0.6) is 0 Å². The Balaban J connectivity index is 2.49. The van der Waals surface area contributed by atoms with Gasteiger partial charge in [0.25, 0.3) is 0 Å². The highest BCUT2D eigenvalue weighted by molar-refractivity contribution is 5.94. The van der Waals surface area contributed by atoms with Crippen LogP contribution in [0.1, 0.15) is 45.6 Å². The summed E-state index contributed by atoms with van der Waals surface area (Å²) in [5.74, 6) is -4.64. The number of aliphatic carboxylic acids is 1. The van der Waals surface area contributed by atoms with Gasteiger partial charge in [-0.1, -0.05) is 55.8 Å². The van der Waals surface area contributed by atoms with Gasteiger partial charge >= 0.3 is 5.97 Å². The second-order valence-corrected chi connectivity index (χ2v) is 10.4. The van der Waals surface area contributed by atoms with E-state index in [9.17, 15) is 29.1 Å². The van der Waals surface area contributed by atoms with E-state index in [1.807, 2.05) is 44.2 Å². The lowest BCUT2D eigenvalue weighted by Gasteiger charge is -2.26. The first kappa shape index (κ1) is 32.8. The van der Waals surface area contributed by atoms with Crippen LogP contribution in [-0.4, -0.2) is 71.9 Å². The van der Waals surface area contributed by atoms with Crippen LogP contribution in [0.3, 0.4) is 0 Å². The predicted octanol–water partition coefficient (Wildman–Crippen LogP) is -0.440. The Kier molecular flexibility index (Phi) is 12.8. The Morgan fingerprint density at radius 1 is 1.00 bits per heavy atom. The lowest BCUT2D eigenvalue weighted by Crippen LogP contribution is -2.53. The minimum atomic E-state index is -1.38. The number of carbonyl (C=O) groups is 5. The number of guanidine groups is 1. The van der Waals surface area contributed by atoms with Gasteiger partial charge in [0.05, 0.1) is 24.9 Å². The van der Waals surface area contributed by atoms with Gasteiger partial charge in [0, 0.05) is 6.54 Å². The fourth-order valence-corrected chi connectivity index (χ4v) is 4.71. The lowest BCUT2D eigenvalue weighted by atomic mass is 9.86. The van der Waals surface area contributed by atoms with Crippen molar-refractivity contribution < 1.29 is 29.1 Å². The number of hydrogen-bond donors (Lipinski definition) is 7. The minimum absolute atomic E-state index is 0.0954. The zero-order chi connectivity index (χ0) is 30.5. The van der Waals surface area contributed by atoms with Crippen molar-refractivity contribution >= 4 is 35.6 Å². The summed E-state index contributed by atoms with van der Waals surface area (Å²) in [5, 5.41) is 19.9. The van der Waals surface area contributed by atoms with Crippen LogP contribution in [-0.2, 0) is 30.4 Å². The van der Waals surface area contributed by atoms with Crippen molar-refractivity contribution in [3.05, 3.63) is 47.5 Å². The van der Waals surface area contributed by atoms with Gasteiger partial charge in [0.1, 0.15) is 12.1 Å². The second kappa shape index (κ2) is 16.0. The van der Waals surface area contributed by atoms with Crippen molar-refractivity contribution in [1.82, 2.24) is 21.3 Å². The number of carboxylic acids is 1. The van der Waals surface area contributed by atoms with Crippen LogP contribution in [0.15, 0.2) is 47.0 Å². The van der Waals surface area contributed by atoms with E-state index in [0.29, 0.717) is 18.4 Å². The molecule has 13 heteroatoms. The predicted molar refractivity (Wildman–Crippen MR) is 153 cm³/mol. The number of carboxylic acid groups (broad SMARTS) is 1. The molecule has 4 amide bonds. The average Bonchev–Trinajstić information content (AvgIpc) is 2.88. The number of amides is 4. The normalized spacial score (nSPS) is 24.0. The zero-order valence-electron chi connectivity index (χ0n) is 23.7. The second-order valence-electron chi connectivity index (χ2n) is 10.4. The molecule has 0 radical (unpaired) electrons. The van der Waals surface area contributed by atoms with Crippen LogP contribution < -0.4 is 32.7 Å². The van der Waals surface area contributed by atoms with E-state index in [0.717, 1.165) is 5.56 Å². The van der Waals surface area contributed by atoms with Crippen LogP contribution in [0.4, 0.5) is 0 Å². The molecule has 41 heavy (non-hydrogen) atoms. The molecule has 2 rings (SSSR count). The summed E-state index contributed by atoms with van der Waals surface area (Å²) in [5.41, 5.74) is 12.3. The quantitative estimate of drug-likeness (QED) is 0.0889. The van der Waals surface area contributed by atoms with Gasteiger partial charge in [-0.3, -0.25) is 29.0 Å². The molecule has 0 fully saturated rings. The molecule has 1 heterocycles. The SMILES string of the molecule is C/C1=C/C(Cc2ccccc2)NC(=O)[C@H](CC(=O)O)NC(=O)CNC(=O)C(CCCN=C(N)N)NC(=O)C1C(C)C. The maximum absolute atomic E-state index is 13.5. The van der Waals surface area contributed by atoms with Crippen molar-refractivity contribution in [2.75, 3.05) is 13.1 Å². The molecule has 0 aromatic heterocycles. The number of nitrogens with one attached hydrogen (secondary N) is 4. The number of benzene rings is 1. The first-order valence-electron chi connectivity index (χ1n) is 13.5. The van der Waals surface area contributed by atoms with Gasteiger partial charge in [0.2, 0.25) is 23.6 Å². The number of rotatable bonds is 9. The van der Waals surface area contributed by atoms with Crippen molar-refractivity contribution in [2.24, 2.45) is 28.3 Å². The third-order valence-electron chi connectivity index (χ3n) is 6.56. The van der Waals surface area contributed by atoms with Gasteiger partial charge in [-0.15, -0.1) is 0 Å². The average molecular weight is 572 g/mol. The van der Waals surface area contributed by atoms with E-state index < -0.39 is 60.7 Å². The highest BCUT2D eigenvalue weighted by atomic mass is 16.4. The van der Waals surface area contributed by atoms with E-state index in [2.05, 4.69) is 26.3 Å². The summed E-state index contributed by atoms with van der Waals surface area (Å²) >= 11 is 0. The number of hydrogen-bond acceptors (Lipinski definition) is 6. The van der Waals surface area contributed by atoms with Gasteiger partial charge in [-0.25, -0.2) is 0 Å². The van der Waals surface area contributed by atoms with Crippen molar-refractivity contribution in [1.29, 1.82) is 0 Å². The van der Waals surface area contributed by atoms with Gasteiger partial charge in [-0.05, 0) is 37.7 Å². The Labute approximate surface area is 239 Å². The highest BCUT2D eigenvalue weighted by Crippen LogP contribution is 2.22. The molecule has 1 aromatic carbocycles. The molecule has 1 aliphatic rings. The zero-order valence-corrected chi connectivity index (χ0v) is 23.7. The van der Waals surface area contributed by atoms with E-state index >= 15 is 0 Å². The molecule has 9 N–H and O–H groups in total. The van der Waals surface area contributed by atoms with Gasteiger partial charge in [-0.2, -0.15) is 0 Å². The summed E-state index contributed by atoms with van der Waals surface area (Å²) in [4.78, 5) is 67.8. The summed E-state index contributed by atoms with van der Waals surface area (Å²) in [7, 11) is 0. The van der Waals surface area contributed by atoms with Gasteiger partial charge < -0.3 is 37.8 Å². The number of nitrogens with two attached hydrogens (primary N) is 2. The lowest BCUT2D eigenvalue weighted by molar-refractivity contribution is -0.140. The summed E-state index contributed by atoms with van der Waals surface area (Å²) in [6.45, 7) is 5.23. The molecule has 0 saturated carbocycles. The molecule has 224 valence electrons. The molecular formula is C28H41N7O6. The largest absolute Gasteiger partial charge is 0.481 e. The molecule has 0 saturated heterocycles. The monoisotopic (exact) mass is 571 g/mol. The molecular weight excluding hydrogens is 530 g/mol. The van der Waals surface area contributed by atoms with Crippen LogP contribution in [0.25, 0.3) is 0 Å². The molecule has 1 aromatic rings. The molecule has 13 nitrogen and oxygen atoms in total. The number of nitrogens with zero attached hydrogens (tertiary/aromatic N) is 1. The molecule has 0 aliphatic carbocycles. The first-order valence-corrected chi connectivity index (χ1v) is 13.5. The summed E-state index contributed by atoms with van der Waals surface area (Å²) in [6.07, 6.45) is 2.04. The fourth-order valence-electron chi connectivity index (χ4n) is 4.71. The minimum Gasteiger partial charge on any atom is -0.481 e. The summed E-state index contributed by atoms with van der Waals surface area (Å²) < 4.78 is 0. The third-order valence-corrected chi connectivity index (χ3v) is 6.56. The number of carbonyl (C=O) groups excluding carboxylic acids is 4. The maximum atomic E-state index is 13.5. The van der Waals surface area contributed by atoms with E-state index in [1.54, 1.807) is 13.0 Å². The topological polar surface area (TPSA) is 218 Å². The molecule has 0 spiro atoms. The van der Waals surface area contributed by atoms with Crippen molar-refractivity contribution in [2.45, 2.75) is 64.6 Å². The summed E-state index contributed by atoms with van der Waals surface area (Å²) in [6, 6.07) is 6.36. The fraction of sp³-hybridized carbons (Fsp3) is 0.500. The Bertz CT molecular complexity index is 1150. The molecule has 4 atom stereocenters. The third kappa shape index (κ3) is 11.3. The van der Waals surface area contributed by atoms with E-state index in [4.69, 9.17) is 11.5 Å². The Morgan fingerprint density at radius 3 is 2.29 bits per heavy atom. The van der Waals surface area contributed by atoms with Crippen LogP contribution >= 0.6 is 0 Å². The van der Waals surface area contributed by atoms with Gasteiger partial charge in [0.15, 0.2) is 5.96 Å². The Hall–Kier alpha value is -4.42. The molecule has 0 bridgehead atoms. The first-order chi connectivity index (χ1) is 19.4. The molecule has 1 aliphatic heterocycles. The van der Waals surface area contributed by atoms with Crippen molar-refractivity contribution in [3.63, 3.8) is 0 Å². The maximum Gasteiger partial charge on any atom is 0.305 e. The van der Waals surface area contributed by atoms with Crippen molar-refractivity contribution in [3.8, 4) is 0 Å². The van der Waals surface area contributed by atoms with Crippen LogP contribution in [0, 0.1) is 11.8 Å². The van der Waals surface area contributed by atoms with Crippen LogP contribution in [0.2, 0.25) is 0 Å². The highest BCUT2D eigenvalue weighted by Gasteiger charge is 2.31.